The first kappa shape index (κ1) is 13.4. The van der Waals surface area contributed by atoms with E-state index >= 15 is 0 Å². The Morgan fingerprint density at radius 1 is 1.62 bits per heavy atom. The van der Waals surface area contributed by atoms with Crippen molar-refractivity contribution < 1.29 is 9.90 Å². The zero-order chi connectivity index (χ0) is 12.2. The lowest BCUT2D eigenvalue weighted by atomic mass is 9.81. The molecule has 1 N–H and O–H groups in total. The van der Waals surface area contributed by atoms with Crippen molar-refractivity contribution in [2.24, 2.45) is 11.8 Å². The molecule has 16 heavy (non-hydrogen) atoms. The number of aldehydes is 1. The highest BCUT2D eigenvalue weighted by Gasteiger charge is 2.22. The second kappa shape index (κ2) is 5.62. The Morgan fingerprint density at radius 3 is 2.75 bits per heavy atom. The van der Waals surface area contributed by atoms with Gasteiger partial charge in [0, 0.05) is 5.92 Å². The molecule has 0 bridgehead atoms. The van der Waals surface area contributed by atoms with Gasteiger partial charge in [-0.1, -0.05) is 18.6 Å². The maximum Gasteiger partial charge on any atom is 0.123 e. The summed E-state index contributed by atoms with van der Waals surface area (Å²) in [5, 5.41) is 9.75. The van der Waals surface area contributed by atoms with E-state index in [0.717, 1.165) is 38.4 Å². The molecule has 2 heteroatoms. The molecule has 0 aromatic rings. The molecular formula is C14H24O2. The number of hydrogen-bond donors (Lipinski definition) is 1. The summed E-state index contributed by atoms with van der Waals surface area (Å²) in [6.07, 6.45) is 8.41. The monoisotopic (exact) mass is 224 g/mol. The highest BCUT2D eigenvalue weighted by Crippen LogP contribution is 2.31. The van der Waals surface area contributed by atoms with E-state index in [1.54, 1.807) is 0 Å². The Balaban J connectivity index is 2.39. The lowest BCUT2D eigenvalue weighted by Crippen LogP contribution is -2.24. The van der Waals surface area contributed by atoms with Crippen LogP contribution in [0.25, 0.3) is 0 Å². The molecule has 1 aliphatic carbocycles. The van der Waals surface area contributed by atoms with Crippen molar-refractivity contribution in [3.63, 3.8) is 0 Å². The largest absolute Gasteiger partial charge is 0.390 e. The van der Waals surface area contributed by atoms with Crippen LogP contribution >= 0.6 is 0 Å². The Morgan fingerprint density at radius 2 is 2.31 bits per heavy atom. The summed E-state index contributed by atoms with van der Waals surface area (Å²) < 4.78 is 0. The van der Waals surface area contributed by atoms with Gasteiger partial charge in [-0.25, -0.2) is 0 Å². The number of rotatable bonds is 5. The highest BCUT2D eigenvalue weighted by atomic mass is 16.3. The minimum absolute atomic E-state index is 0.150. The van der Waals surface area contributed by atoms with Gasteiger partial charge in [-0.2, -0.15) is 0 Å². The fraction of sp³-hybridized carbons (Fsp3) is 0.786. The molecular weight excluding hydrogens is 200 g/mol. The van der Waals surface area contributed by atoms with Gasteiger partial charge in [0.15, 0.2) is 0 Å². The second-order valence-corrected chi connectivity index (χ2v) is 5.84. The Labute approximate surface area is 98.7 Å². The predicted octanol–water partition coefficient (Wildman–Crippen LogP) is 3.10. The maximum atomic E-state index is 10.6. The number of aliphatic hydroxyl groups is 1. The first-order valence-electron chi connectivity index (χ1n) is 6.26. The van der Waals surface area contributed by atoms with Crippen LogP contribution in [0.4, 0.5) is 0 Å². The van der Waals surface area contributed by atoms with Crippen LogP contribution in [0.1, 0.15) is 52.9 Å². The number of hydrogen-bond acceptors (Lipinski definition) is 2. The summed E-state index contributed by atoms with van der Waals surface area (Å²) in [6.45, 7) is 5.72. The van der Waals surface area contributed by atoms with Gasteiger partial charge in [-0.3, -0.25) is 0 Å². The fourth-order valence-corrected chi connectivity index (χ4v) is 2.48. The molecule has 92 valence electrons. The predicted molar refractivity (Wildman–Crippen MR) is 66.2 cm³/mol. The van der Waals surface area contributed by atoms with E-state index in [4.69, 9.17) is 0 Å². The summed E-state index contributed by atoms with van der Waals surface area (Å²) in [5.41, 5.74) is 0.873. The van der Waals surface area contributed by atoms with Crippen LogP contribution in [-0.2, 0) is 4.79 Å². The highest BCUT2D eigenvalue weighted by molar-refractivity contribution is 5.53. The van der Waals surface area contributed by atoms with E-state index in [1.165, 1.54) is 5.57 Å². The van der Waals surface area contributed by atoms with Crippen LogP contribution in [-0.4, -0.2) is 17.0 Å². The van der Waals surface area contributed by atoms with Gasteiger partial charge in [0.1, 0.15) is 6.29 Å². The van der Waals surface area contributed by atoms with Crippen LogP contribution in [0.5, 0.6) is 0 Å². The first-order chi connectivity index (χ1) is 7.40. The molecule has 2 atom stereocenters. The van der Waals surface area contributed by atoms with Crippen molar-refractivity contribution in [3.05, 3.63) is 11.6 Å². The summed E-state index contributed by atoms with van der Waals surface area (Å²) in [4.78, 5) is 10.6. The van der Waals surface area contributed by atoms with Crippen molar-refractivity contribution >= 4 is 6.29 Å². The van der Waals surface area contributed by atoms with E-state index in [1.807, 2.05) is 20.8 Å². The van der Waals surface area contributed by atoms with Gasteiger partial charge < -0.3 is 9.90 Å². The van der Waals surface area contributed by atoms with Gasteiger partial charge in [0.25, 0.3) is 0 Å². The average molecular weight is 224 g/mol. The van der Waals surface area contributed by atoms with Crippen molar-refractivity contribution in [2.75, 3.05) is 0 Å². The quantitative estimate of drug-likeness (QED) is 0.575. The fourth-order valence-electron chi connectivity index (χ4n) is 2.48. The zero-order valence-corrected chi connectivity index (χ0v) is 10.7. The minimum Gasteiger partial charge on any atom is -0.390 e. The molecule has 0 aliphatic heterocycles. The van der Waals surface area contributed by atoms with E-state index in [-0.39, 0.29) is 5.92 Å². The average Bonchev–Trinajstić information content (AvgIpc) is 2.18. The maximum absolute atomic E-state index is 10.6. The molecule has 0 aromatic carbocycles. The summed E-state index contributed by atoms with van der Waals surface area (Å²) in [7, 11) is 0. The normalized spacial score (nSPS) is 23.8. The SMILES string of the molecule is CC(C=O)CC1=CCC(CC(C)(C)O)CC1. The van der Waals surface area contributed by atoms with Crippen LogP contribution in [0.15, 0.2) is 11.6 Å². The molecule has 0 spiro atoms. The van der Waals surface area contributed by atoms with Crippen molar-refractivity contribution in [2.45, 2.75) is 58.5 Å². The van der Waals surface area contributed by atoms with E-state index < -0.39 is 5.60 Å². The Bertz CT molecular complexity index is 260. The molecule has 0 heterocycles. The van der Waals surface area contributed by atoms with Gasteiger partial charge in [-0.05, 0) is 51.9 Å². The summed E-state index contributed by atoms with van der Waals surface area (Å²) in [5.74, 6) is 0.757. The number of allylic oxidation sites excluding steroid dienone is 2. The topological polar surface area (TPSA) is 37.3 Å². The van der Waals surface area contributed by atoms with Crippen LogP contribution in [0.2, 0.25) is 0 Å². The molecule has 0 aromatic heterocycles. The van der Waals surface area contributed by atoms with Crippen LogP contribution < -0.4 is 0 Å². The molecule has 0 saturated carbocycles. The van der Waals surface area contributed by atoms with Gasteiger partial charge in [0.05, 0.1) is 5.60 Å². The molecule has 1 aliphatic rings. The van der Waals surface area contributed by atoms with E-state index in [9.17, 15) is 9.90 Å². The molecule has 0 radical (unpaired) electrons. The molecule has 0 amide bonds. The number of carbonyl (C=O) groups excluding carboxylic acids is 1. The standard InChI is InChI=1S/C14H24O2/c1-11(10-15)8-12-4-6-13(7-5-12)9-14(2,3)16/h4,10-11,13,16H,5-9H2,1-3H3. The molecule has 0 saturated heterocycles. The first-order valence-corrected chi connectivity index (χ1v) is 6.26. The summed E-state index contributed by atoms with van der Waals surface area (Å²) >= 11 is 0. The third kappa shape index (κ3) is 4.93. The van der Waals surface area contributed by atoms with Crippen molar-refractivity contribution in [1.82, 2.24) is 0 Å². The lowest BCUT2D eigenvalue weighted by Gasteiger charge is -2.28. The van der Waals surface area contributed by atoms with E-state index in [0.29, 0.717) is 5.92 Å². The molecule has 1 rings (SSSR count). The second-order valence-electron chi connectivity index (χ2n) is 5.84. The van der Waals surface area contributed by atoms with Crippen molar-refractivity contribution in [1.29, 1.82) is 0 Å². The minimum atomic E-state index is -0.550. The van der Waals surface area contributed by atoms with Crippen molar-refractivity contribution in [3.8, 4) is 0 Å². The zero-order valence-electron chi connectivity index (χ0n) is 10.7. The third-order valence-electron chi connectivity index (χ3n) is 3.22. The van der Waals surface area contributed by atoms with Gasteiger partial charge >= 0.3 is 0 Å². The molecule has 2 nitrogen and oxygen atoms in total. The Kier molecular flexibility index (Phi) is 4.72. The smallest absolute Gasteiger partial charge is 0.123 e. The molecule has 2 unspecified atom stereocenters. The third-order valence-corrected chi connectivity index (χ3v) is 3.22. The van der Waals surface area contributed by atoms with Gasteiger partial charge in [-0.15, -0.1) is 0 Å². The number of carbonyl (C=O) groups is 1. The van der Waals surface area contributed by atoms with E-state index in [2.05, 4.69) is 6.08 Å². The van der Waals surface area contributed by atoms with Crippen LogP contribution in [0.3, 0.4) is 0 Å². The molecule has 0 fully saturated rings. The lowest BCUT2D eigenvalue weighted by molar-refractivity contribution is -0.110. The van der Waals surface area contributed by atoms with Gasteiger partial charge in [0.2, 0.25) is 0 Å². The Hall–Kier alpha value is -0.630. The van der Waals surface area contributed by atoms with Crippen LogP contribution in [0, 0.1) is 11.8 Å². The summed E-state index contributed by atoms with van der Waals surface area (Å²) in [6, 6.07) is 0.